The Morgan fingerprint density at radius 1 is 1.09 bits per heavy atom. The predicted octanol–water partition coefficient (Wildman–Crippen LogP) is 6.24. The van der Waals surface area contributed by atoms with Crippen LogP contribution in [0.4, 0.5) is 4.39 Å². The van der Waals surface area contributed by atoms with Gasteiger partial charge in [-0.15, -0.1) is 0 Å². The summed E-state index contributed by atoms with van der Waals surface area (Å²) in [5, 5.41) is 6.71. The lowest BCUT2D eigenvalue weighted by atomic mass is 9.77. The Morgan fingerprint density at radius 2 is 1.83 bits per heavy atom. The first-order valence-corrected chi connectivity index (χ1v) is 12.3. The molecule has 0 radical (unpaired) electrons. The molecule has 0 saturated heterocycles. The third-order valence-electron chi connectivity index (χ3n) is 7.52. The van der Waals surface area contributed by atoms with E-state index in [0.717, 1.165) is 47.8 Å². The van der Waals surface area contributed by atoms with Gasteiger partial charge in [-0.25, -0.2) is 4.39 Å². The lowest BCUT2D eigenvalue weighted by Crippen LogP contribution is -2.22. The third kappa shape index (κ3) is 3.87. The molecular weight excluding hydrogens is 445 g/mol. The third-order valence-corrected chi connectivity index (χ3v) is 7.52. The van der Waals surface area contributed by atoms with Gasteiger partial charge in [0, 0.05) is 35.3 Å². The molecule has 0 aliphatic heterocycles. The number of methoxy groups -OCH3 is 2. The number of aromatic nitrogens is 3. The zero-order chi connectivity index (χ0) is 24.9. The summed E-state index contributed by atoms with van der Waals surface area (Å²) in [6, 6.07) is 9.47. The van der Waals surface area contributed by atoms with Gasteiger partial charge in [-0.05, 0) is 67.3 Å². The fraction of sp³-hybridized carbons (Fsp3) is 0.429. The molecule has 6 nitrogen and oxygen atoms in total. The van der Waals surface area contributed by atoms with Crippen molar-refractivity contribution in [2.24, 2.45) is 13.0 Å². The van der Waals surface area contributed by atoms with E-state index in [1.54, 1.807) is 6.07 Å². The van der Waals surface area contributed by atoms with Crippen molar-refractivity contribution in [2.45, 2.75) is 51.4 Å². The molecular formula is C28H32FN3O3. The summed E-state index contributed by atoms with van der Waals surface area (Å²) >= 11 is 0. The van der Waals surface area contributed by atoms with Crippen molar-refractivity contribution < 1.29 is 18.7 Å². The number of nitrogens with zero attached hydrogens (tertiary/aromatic N) is 3. The molecule has 0 unspecified atom stereocenters. The van der Waals surface area contributed by atoms with Crippen molar-refractivity contribution in [2.75, 3.05) is 14.2 Å². The smallest absolute Gasteiger partial charge is 0.308 e. The predicted molar refractivity (Wildman–Crippen MR) is 135 cm³/mol. The van der Waals surface area contributed by atoms with E-state index in [9.17, 15) is 9.18 Å². The number of halogens is 1. The second-order valence-corrected chi connectivity index (χ2v) is 9.88. The maximum absolute atomic E-state index is 14.3. The summed E-state index contributed by atoms with van der Waals surface area (Å²) in [5.74, 6) is 0.261. The molecule has 1 aliphatic rings. The van der Waals surface area contributed by atoms with Crippen molar-refractivity contribution >= 4 is 27.8 Å². The summed E-state index contributed by atoms with van der Waals surface area (Å²) in [4.78, 5) is 12.2. The molecule has 2 heterocycles. The van der Waals surface area contributed by atoms with Crippen LogP contribution in [0.5, 0.6) is 5.75 Å². The summed E-state index contributed by atoms with van der Waals surface area (Å²) in [5.41, 5.74) is 5.57. The first kappa shape index (κ1) is 23.4. The van der Waals surface area contributed by atoms with Gasteiger partial charge >= 0.3 is 5.97 Å². The zero-order valence-electron chi connectivity index (χ0n) is 21.0. The Balaban J connectivity index is 1.76. The highest BCUT2D eigenvalue weighted by atomic mass is 19.1. The fourth-order valence-electron chi connectivity index (χ4n) is 5.83. The lowest BCUT2D eigenvalue weighted by Gasteiger charge is -2.28. The first-order valence-electron chi connectivity index (χ1n) is 12.3. The summed E-state index contributed by atoms with van der Waals surface area (Å²) in [6.07, 6.45) is 5.37. The van der Waals surface area contributed by atoms with Crippen LogP contribution < -0.4 is 4.74 Å². The second kappa shape index (κ2) is 9.02. The van der Waals surface area contributed by atoms with Gasteiger partial charge in [-0.3, -0.25) is 9.48 Å². The SMILES string of the molecule is COC(=O)C1CCC(c2c(C(C)C)n(-c3ccc(F)c(OC)c3)c3cc4cnn(C)c4cc23)CC1. The summed E-state index contributed by atoms with van der Waals surface area (Å²) < 4.78 is 28.8. The molecule has 5 rings (SSSR count). The number of hydrogen-bond donors (Lipinski definition) is 0. The minimum Gasteiger partial charge on any atom is -0.494 e. The van der Waals surface area contributed by atoms with E-state index in [-0.39, 0.29) is 29.4 Å². The van der Waals surface area contributed by atoms with Crippen LogP contribution in [-0.4, -0.2) is 34.5 Å². The van der Waals surface area contributed by atoms with Crippen LogP contribution >= 0.6 is 0 Å². The van der Waals surface area contributed by atoms with Crippen molar-refractivity contribution in [3.63, 3.8) is 0 Å². The van der Waals surface area contributed by atoms with Gasteiger partial charge in [0.25, 0.3) is 0 Å². The number of carbonyl (C=O) groups excluding carboxylic acids is 1. The number of carbonyl (C=O) groups is 1. The Bertz CT molecular complexity index is 1410. The molecule has 1 fully saturated rings. The monoisotopic (exact) mass is 477 g/mol. The molecule has 2 aromatic carbocycles. The fourth-order valence-corrected chi connectivity index (χ4v) is 5.83. The molecule has 1 aliphatic carbocycles. The highest BCUT2D eigenvalue weighted by molar-refractivity contribution is 5.99. The molecule has 0 N–H and O–H groups in total. The van der Waals surface area contributed by atoms with Gasteiger partial charge in [0.2, 0.25) is 0 Å². The molecule has 7 heteroatoms. The van der Waals surface area contributed by atoms with Gasteiger partial charge < -0.3 is 14.0 Å². The average Bonchev–Trinajstić information content (AvgIpc) is 3.40. The minimum atomic E-state index is -0.380. The number of benzene rings is 2. The van der Waals surface area contributed by atoms with Crippen LogP contribution in [0.3, 0.4) is 0 Å². The Hall–Kier alpha value is -3.35. The Kier molecular flexibility index (Phi) is 6.03. The molecule has 4 aromatic rings. The zero-order valence-corrected chi connectivity index (χ0v) is 21.0. The second-order valence-electron chi connectivity index (χ2n) is 9.88. The van der Waals surface area contributed by atoms with Crippen molar-refractivity contribution in [3.05, 3.63) is 53.6 Å². The van der Waals surface area contributed by atoms with Gasteiger partial charge in [0.15, 0.2) is 11.6 Å². The van der Waals surface area contributed by atoms with E-state index in [1.165, 1.54) is 36.9 Å². The van der Waals surface area contributed by atoms with Gasteiger partial charge in [-0.2, -0.15) is 5.10 Å². The number of fused-ring (bicyclic) bond motifs is 2. The van der Waals surface area contributed by atoms with E-state index in [0.29, 0.717) is 5.92 Å². The van der Waals surface area contributed by atoms with Crippen LogP contribution in [0.2, 0.25) is 0 Å². The van der Waals surface area contributed by atoms with Crippen LogP contribution in [0.1, 0.15) is 62.6 Å². The standard InChI is InChI=1S/C28H32FN3O3/c1-16(2)27-26(17-6-8-18(9-7-17)28(33)35-5)21-14-23-19(15-30-31(23)3)12-24(21)32(27)20-10-11-22(29)25(13-20)34-4/h10-18H,6-9H2,1-5H3. The van der Waals surface area contributed by atoms with Crippen molar-refractivity contribution in [3.8, 4) is 11.4 Å². The van der Waals surface area contributed by atoms with Crippen LogP contribution in [0.15, 0.2) is 36.5 Å². The maximum Gasteiger partial charge on any atom is 0.308 e. The highest BCUT2D eigenvalue weighted by Gasteiger charge is 2.33. The Morgan fingerprint density at radius 3 is 2.49 bits per heavy atom. The normalized spacial score (nSPS) is 18.5. The largest absolute Gasteiger partial charge is 0.494 e. The molecule has 0 atom stereocenters. The molecule has 1 saturated carbocycles. The topological polar surface area (TPSA) is 58.3 Å². The lowest BCUT2D eigenvalue weighted by molar-refractivity contribution is -0.146. The molecule has 0 spiro atoms. The van der Waals surface area contributed by atoms with Gasteiger partial charge in [0.05, 0.1) is 37.4 Å². The number of hydrogen-bond acceptors (Lipinski definition) is 4. The minimum absolute atomic E-state index is 0.0303. The molecule has 0 amide bonds. The molecule has 35 heavy (non-hydrogen) atoms. The molecule has 184 valence electrons. The Labute approximate surface area is 204 Å². The highest BCUT2D eigenvalue weighted by Crippen LogP contribution is 2.46. The molecule has 2 aromatic heterocycles. The van der Waals surface area contributed by atoms with Crippen LogP contribution in [0.25, 0.3) is 27.5 Å². The number of aryl methyl sites for hydroxylation is 1. The van der Waals surface area contributed by atoms with E-state index in [2.05, 4.69) is 35.6 Å². The van der Waals surface area contributed by atoms with Crippen LogP contribution in [0, 0.1) is 11.7 Å². The van der Waals surface area contributed by atoms with Gasteiger partial charge in [0.1, 0.15) is 0 Å². The summed E-state index contributed by atoms with van der Waals surface area (Å²) in [6.45, 7) is 4.41. The van der Waals surface area contributed by atoms with E-state index < -0.39 is 0 Å². The average molecular weight is 478 g/mol. The maximum atomic E-state index is 14.3. The summed E-state index contributed by atoms with van der Waals surface area (Å²) in [7, 11) is 4.92. The van der Waals surface area contributed by atoms with Crippen molar-refractivity contribution in [1.82, 2.24) is 14.3 Å². The van der Waals surface area contributed by atoms with E-state index >= 15 is 0 Å². The van der Waals surface area contributed by atoms with Crippen molar-refractivity contribution in [1.29, 1.82) is 0 Å². The quantitative estimate of drug-likeness (QED) is 0.320. The number of esters is 1. The number of rotatable bonds is 5. The van der Waals surface area contributed by atoms with E-state index in [4.69, 9.17) is 9.47 Å². The van der Waals surface area contributed by atoms with Crippen LogP contribution in [-0.2, 0) is 16.6 Å². The first-order chi connectivity index (χ1) is 16.8. The number of ether oxygens (including phenoxy) is 2. The molecule has 0 bridgehead atoms. The van der Waals surface area contributed by atoms with E-state index in [1.807, 2.05) is 24.0 Å². The van der Waals surface area contributed by atoms with Gasteiger partial charge in [-0.1, -0.05) is 13.8 Å².